The molecule has 0 saturated heterocycles. The Hall–Kier alpha value is -2.60. The molecule has 3 rings (SSSR count). The lowest BCUT2D eigenvalue weighted by atomic mass is 10.1. The van der Waals surface area contributed by atoms with Crippen LogP contribution in [0.5, 0.6) is 0 Å². The summed E-state index contributed by atoms with van der Waals surface area (Å²) in [5, 5.41) is 0.563. The number of fused-ring (bicyclic) bond motifs is 1. The number of carbonyl (C=O) groups is 1. The van der Waals surface area contributed by atoms with E-state index in [-0.39, 0.29) is 4.90 Å². The van der Waals surface area contributed by atoms with Crippen LogP contribution < -0.4 is 4.72 Å². The molecule has 0 aliphatic heterocycles. The third kappa shape index (κ3) is 2.48. The Kier molecular flexibility index (Phi) is 3.46. The van der Waals surface area contributed by atoms with E-state index in [1.54, 1.807) is 48.7 Å². The number of benzene rings is 2. The lowest BCUT2D eigenvalue weighted by Crippen LogP contribution is -2.13. The quantitative estimate of drug-likeness (QED) is 0.726. The maximum absolute atomic E-state index is 12.5. The number of sulfonamides is 1. The Morgan fingerprint density at radius 1 is 1.09 bits per heavy atom. The van der Waals surface area contributed by atoms with Gasteiger partial charge in [0.15, 0.2) is 6.29 Å². The van der Waals surface area contributed by atoms with Crippen LogP contribution in [0, 0.1) is 6.92 Å². The molecule has 2 aromatic carbocycles. The van der Waals surface area contributed by atoms with E-state index in [0.29, 0.717) is 28.4 Å². The van der Waals surface area contributed by atoms with E-state index in [0.717, 1.165) is 5.56 Å². The zero-order chi connectivity index (χ0) is 15.7. The summed E-state index contributed by atoms with van der Waals surface area (Å²) < 4.78 is 27.5. The van der Waals surface area contributed by atoms with Gasteiger partial charge in [0.1, 0.15) is 0 Å². The van der Waals surface area contributed by atoms with Gasteiger partial charge in [-0.25, -0.2) is 8.42 Å². The van der Waals surface area contributed by atoms with Gasteiger partial charge in [-0.05, 0) is 31.2 Å². The molecule has 5 nitrogen and oxygen atoms in total. The number of nitrogens with one attached hydrogen (secondary N) is 2. The number of hydrogen-bond acceptors (Lipinski definition) is 3. The molecule has 112 valence electrons. The molecule has 6 heteroatoms. The minimum Gasteiger partial charge on any atom is -0.360 e. The van der Waals surface area contributed by atoms with Gasteiger partial charge in [0, 0.05) is 22.7 Å². The fraction of sp³-hybridized carbons (Fsp3) is 0.0625. The molecule has 0 aliphatic rings. The second kappa shape index (κ2) is 5.31. The molecule has 2 N–H and O–H groups in total. The third-order valence-electron chi connectivity index (χ3n) is 3.44. The van der Waals surface area contributed by atoms with Crippen molar-refractivity contribution in [3.05, 3.63) is 59.8 Å². The number of aryl methyl sites for hydroxylation is 1. The van der Waals surface area contributed by atoms with Gasteiger partial charge in [0.25, 0.3) is 10.0 Å². The molecule has 0 saturated carbocycles. The first-order valence-corrected chi connectivity index (χ1v) is 8.14. The normalized spacial score (nSPS) is 11.5. The number of aromatic nitrogens is 1. The molecule has 0 amide bonds. The highest BCUT2D eigenvalue weighted by atomic mass is 32.2. The number of H-pyrrole nitrogens is 1. The number of hydrogen-bond donors (Lipinski definition) is 2. The van der Waals surface area contributed by atoms with Crippen LogP contribution in [0.15, 0.2) is 53.6 Å². The summed E-state index contributed by atoms with van der Waals surface area (Å²) >= 11 is 0. The van der Waals surface area contributed by atoms with Crippen LogP contribution in [-0.4, -0.2) is 19.7 Å². The second-order valence-corrected chi connectivity index (χ2v) is 6.69. The summed E-state index contributed by atoms with van der Waals surface area (Å²) in [6.07, 6.45) is 2.25. The zero-order valence-corrected chi connectivity index (χ0v) is 12.6. The SMILES string of the molecule is Cc1ccc(S(=O)(=O)Nc2cccc3[nH]cc(C=O)c23)cc1. The van der Waals surface area contributed by atoms with E-state index in [1.165, 1.54) is 0 Å². The highest BCUT2D eigenvalue weighted by Crippen LogP contribution is 2.28. The largest absolute Gasteiger partial charge is 0.360 e. The summed E-state index contributed by atoms with van der Waals surface area (Å²) in [5.74, 6) is 0. The highest BCUT2D eigenvalue weighted by Gasteiger charge is 2.17. The van der Waals surface area contributed by atoms with Crippen LogP contribution in [0.3, 0.4) is 0 Å². The summed E-state index contributed by atoms with van der Waals surface area (Å²) in [6.45, 7) is 1.89. The minimum atomic E-state index is -3.70. The monoisotopic (exact) mass is 314 g/mol. The zero-order valence-electron chi connectivity index (χ0n) is 11.8. The van der Waals surface area contributed by atoms with Crippen molar-refractivity contribution in [2.24, 2.45) is 0 Å². The van der Waals surface area contributed by atoms with Crippen LogP contribution >= 0.6 is 0 Å². The third-order valence-corrected chi connectivity index (χ3v) is 4.82. The van der Waals surface area contributed by atoms with Crippen molar-refractivity contribution in [3.8, 4) is 0 Å². The van der Waals surface area contributed by atoms with E-state index in [9.17, 15) is 13.2 Å². The van der Waals surface area contributed by atoms with Gasteiger partial charge in [0.2, 0.25) is 0 Å². The predicted octanol–water partition coefficient (Wildman–Crippen LogP) is 3.09. The molecule has 1 aromatic heterocycles. The van der Waals surface area contributed by atoms with Gasteiger partial charge in [-0.3, -0.25) is 9.52 Å². The van der Waals surface area contributed by atoms with Gasteiger partial charge in [-0.1, -0.05) is 23.8 Å². The number of rotatable bonds is 4. The molecule has 3 aromatic rings. The van der Waals surface area contributed by atoms with Crippen LogP contribution in [0.25, 0.3) is 10.9 Å². The topological polar surface area (TPSA) is 79.0 Å². The molecule has 0 unspecified atom stereocenters. The van der Waals surface area contributed by atoms with E-state index >= 15 is 0 Å². The Morgan fingerprint density at radius 3 is 2.50 bits per heavy atom. The van der Waals surface area contributed by atoms with E-state index in [4.69, 9.17) is 0 Å². The molecule has 22 heavy (non-hydrogen) atoms. The predicted molar refractivity (Wildman–Crippen MR) is 85.7 cm³/mol. The first kappa shape index (κ1) is 14.3. The Balaban J connectivity index is 2.07. The molecule has 0 radical (unpaired) electrons. The summed E-state index contributed by atoms with van der Waals surface area (Å²) in [7, 11) is -3.70. The molecule has 0 bridgehead atoms. The van der Waals surface area contributed by atoms with Crippen molar-refractivity contribution in [1.82, 2.24) is 4.98 Å². The maximum atomic E-state index is 12.5. The van der Waals surface area contributed by atoms with E-state index in [2.05, 4.69) is 9.71 Å². The first-order chi connectivity index (χ1) is 10.5. The molecule has 0 spiro atoms. The fourth-order valence-electron chi connectivity index (χ4n) is 2.31. The van der Waals surface area contributed by atoms with Gasteiger partial charge < -0.3 is 4.98 Å². The smallest absolute Gasteiger partial charge is 0.261 e. The van der Waals surface area contributed by atoms with Crippen LogP contribution in [0.1, 0.15) is 15.9 Å². The molecule has 1 heterocycles. The van der Waals surface area contributed by atoms with Crippen molar-refractivity contribution in [3.63, 3.8) is 0 Å². The lowest BCUT2D eigenvalue weighted by Gasteiger charge is -2.10. The van der Waals surface area contributed by atoms with Crippen LogP contribution in [0.4, 0.5) is 5.69 Å². The summed E-state index contributed by atoms with van der Waals surface area (Å²) in [4.78, 5) is 14.2. The van der Waals surface area contributed by atoms with E-state index in [1.807, 2.05) is 6.92 Å². The minimum absolute atomic E-state index is 0.179. The average Bonchev–Trinajstić information content (AvgIpc) is 2.91. The van der Waals surface area contributed by atoms with Crippen molar-refractivity contribution >= 4 is 32.9 Å². The van der Waals surface area contributed by atoms with Crippen LogP contribution in [-0.2, 0) is 10.0 Å². The van der Waals surface area contributed by atoms with Gasteiger partial charge in [-0.2, -0.15) is 0 Å². The first-order valence-electron chi connectivity index (χ1n) is 6.66. The number of carbonyl (C=O) groups excluding carboxylic acids is 1. The average molecular weight is 314 g/mol. The number of anilines is 1. The fourth-order valence-corrected chi connectivity index (χ4v) is 3.38. The van der Waals surface area contributed by atoms with Crippen molar-refractivity contribution in [1.29, 1.82) is 0 Å². The maximum Gasteiger partial charge on any atom is 0.261 e. The summed E-state index contributed by atoms with van der Waals surface area (Å²) in [6, 6.07) is 11.7. The Bertz CT molecular complexity index is 941. The molecule has 0 aliphatic carbocycles. The standard InChI is InChI=1S/C16H14N2O3S/c1-11-5-7-13(8-6-11)22(20,21)18-15-4-2-3-14-16(15)12(10-19)9-17-14/h2-10,17-18H,1H3. The van der Waals surface area contributed by atoms with Crippen molar-refractivity contribution in [2.75, 3.05) is 4.72 Å². The second-order valence-electron chi connectivity index (χ2n) is 5.01. The summed E-state index contributed by atoms with van der Waals surface area (Å²) in [5.41, 5.74) is 2.47. The van der Waals surface area contributed by atoms with E-state index < -0.39 is 10.0 Å². The number of aldehydes is 1. The molecular weight excluding hydrogens is 300 g/mol. The van der Waals surface area contributed by atoms with Gasteiger partial charge in [-0.15, -0.1) is 0 Å². The van der Waals surface area contributed by atoms with Crippen molar-refractivity contribution < 1.29 is 13.2 Å². The Morgan fingerprint density at radius 2 is 1.82 bits per heavy atom. The Labute approximate surface area is 128 Å². The molecule has 0 atom stereocenters. The van der Waals surface area contributed by atoms with Gasteiger partial charge >= 0.3 is 0 Å². The van der Waals surface area contributed by atoms with Crippen LogP contribution in [0.2, 0.25) is 0 Å². The highest BCUT2D eigenvalue weighted by molar-refractivity contribution is 7.92. The molecular formula is C16H14N2O3S. The van der Waals surface area contributed by atoms with Crippen molar-refractivity contribution in [2.45, 2.75) is 11.8 Å². The molecule has 0 fully saturated rings. The lowest BCUT2D eigenvalue weighted by molar-refractivity contribution is 0.112. The van der Waals surface area contributed by atoms with Gasteiger partial charge in [0.05, 0.1) is 10.6 Å². The number of aromatic amines is 1.